The molecule has 0 aliphatic carbocycles. The van der Waals surface area contributed by atoms with Crippen LogP contribution in [0.2, 0.25) is 0 Å². The van der Waals surface area contributed by atoms with Crippen molar-refractivity contribution in [1.82, 2.24) is 10.2 Å². The van der Waals surface area contributed by atoms with Crippen molar-refractivity contribution in [3.8, 4) is 5.75 Å². The highest BCUT2D eigenvalue weighted by atomic mass is 16.5. The lowest BCUT2D eigenvalue weighted by atomic mass is 9.91. The van der Waals surface area contributed by atoms with E-state index in [0.29, 0.717) is 32.5 Å². The van der Waals surface area contributed by atoms with E-state index in [1.165, 1.54) is 11.8 Å². The van der Waals surface area contributed by atoms with Crippen LogP contribution in [0.3, 0.4) is 0 Å². The van der Waals surface area contributed by atoms with Crippen LogP contribution in [0.5, 0.6) is 5.75 Å². The Hall–Kier alpha value is -2.08. The molecule has 25 heavy (non-hydrogen) atoms. The molecule has 6 heteroatoms. The number of hydrogen-bond acceptors (Lipinski definition) is 4. The Morgan fingerprint density at radius 2 is 2.16 bits per heavy atom. The van der Waals surface area contributed by atoms with E-state index >= 15 is 0 Å². The second kappa shape index (κ2) is 8.34. The van der Waals surface area contributed by atoms with Crippen LogP contribution in [-0.4, -0.2) is 47.1 Å². The molecule has 138 valence electrons. The molecule has 1 aromatic rings. The van der Waals surface area contributed by atoms with Gasteiger partial charge in [0, 0.05) is 20.0 Å². The van der Waals surface area contributed by atoms with Gasteiger partial charge in [0.25, 0.3) is 5.91 Å². The Balaban J connectivity index is 1.96. The second-order valence-corrected chi connectivity index (χ2v) is 6.70. The van der Waals surface area contributed by atoms with Crippen molar-refractivity contribution in [2.75, 3.05) is 19.7 Å². The van der Waals surface area contributed by atoms with E-state index in [0.717, 1.165) is 23.3 Å². The van der Waals surface area contributed by atoms with Gasteiger partial charge in [0.2, 0.25) is 5.91 Å². The van der Waals surface area contributed by atoms with Crippen molar-refractivity contribution >= 4 is 11.8 Å². The van der Waals surface area contributed by atoms with Crippen LogP contribution in [0.15, 0.2) is 18.2 Å². The predicted octanol–water partition coefficient (Wildman–Crippen LogP) is 1.77. The van der Waals surface area contributed by atoms with Crippen molar-refractivity contribution in [2.45, 2.75) is 52.2 Å². The van der Waals surface area contributed by atoms with Crippen LogP contribution in [0.25, 0.3) is 0 Å². The third kappa shape index (κ3) is 4.95. The molecule has 1 fully saturated rings. The minimum Gasteiger partial charge on any atom is -0.494 e. The monoisotopic (exact) mass is 348 g/mol. The van der Waals surface area contributed by atoms with Gasteiger partial charge in [-0.3, -0.25) is 9.59 Å². The summed E-state index contributed by atoms with van der Waals surface area (Å²) >= 11 is 0. The average Bonchev–Trinajstić information content (AvgIpc) is 2.58. The molecular weight excluding hydrogens is 320 g/mol. The van der Waals surface area contributed by atoms with Gasteiger partial charge in [-0.1, -0.05) is 13.0 Å². The first-order valence-electron chi connectivity index (χ1n) is 8.84. The molecule has 1 aliphatic rings. The Bertz CT molecular complexity index is 632. The number of carbonyl (C=O) groups is 2. The zero-order valence-corrected chi connectivity index (χ0v) is 15.3. The van der Waals surface area contributed by atoms with E-state index in [4.69, 9.17) is 4.74 Å². The molecule has 1 aliphatic heterocycles. The van der Waals surface area contributed by atoms with Crippen molar-refractivity contribution in [1.29, 1.82) is 0 Å². The number of nitrogens with zero attached hydrogens (tertiary/aromatic N) is 1. The quantitative estimate of drug-likeness (QED) is 0.821. The number of rotatable bonds is 6. The lowest BCUT2D eigenvalue weighted by Crippen LogP contribution is -2.57. The highest BCUT2D eigenvalue weighted by Gasteiger charge is 2.40. The predicted molar refractivity (Wildman–Crippen MR) is 95.2 cm³/mol. The van der Waals surface area contributed by atoms with E-state index in [9.17, 15) is 14.7 Å². The van der Waals surface area contributed by atoms with Crippen LogP contribution < -0.4 is 10.1 Å². The third-order valence-corrected chi connectivity index (χ3v) is 4.57. The topological polar surface area (TPSA) is 78.9 Å². The highest BCUT2D eigenvalue weighted by Crippen LogP contribution is 2.22. The zero-order chi connectivity index (χ0) is 18.4. The number of ether oxygens (including phenoxy) is 1. The van der Waals surface area contributed by atoms with Gasteiger partial charge in [-0.2, -0.15) is 0 Å². The van der Waals surface area contributed by atoms with Crippen LogP contribution in [0, 0.1) is 6.92 Å². The number of benzene rings is 1. The largest absolute Gasteiger partial charge is 0.494 e. The first kappa shape index (κ1) is 19.2. The molecular formula is C19H28N2O4. The summed E-state index contributed by atoms with van der Waals surface area (Å²) in [5, 5.41) is 13.4. The maximum Gasteiger partial charge on any atom is 0.254 e. The molecule has 0 spiro atoms. The summed E-state index contributed by atoms with van der Waals surface area (Å²) in [5.74, 6) is 0.269. The van der Waals surface area contributed by atoms with Gasteiger partial charge >= 0.3 is 0 Å². The third-order valence-electron chi connectivity index (χ3n) is 4.57. The minimum atomic E-state index is -1.51. The summed E-state index contributed by atoms with van der Waals surface area (Å²) in [4.78, 5) is 25.5. The van der Waals surface area contributed by atoms with Gasteiger partial charge in [0.1, 0.15) is 5.75 Å². The van der Waals surface area contributed by atoms with E-state index in [2.05, 4.69) is 12.2 Å². The molecule has 0 saturated carbocycles. The molecule has 0 radical (unpaired) electrons. The normalized spacial score (nSPS) is 20.2. The molecule has 6 nitrogen and oxygen atoms in total. The van der Waals surface area contributed by atoms with Crippen molar-refractivity contribution < 1.29 is 19.4 Å². The molecule has 1 atom stereocenters. The number of nitrogens with one attached hydrogen (secondary N) is 1. The fraction of sp³-hybridized carbons (Fsp3) is 0.579. The molecule has 2 N–H and O–H groups in total. The molecule has 2 rings (SSSR count). The fourth-order valence-electron chi connectivity index (χ4n) is 3.01. The summed E-state index contributed by atoms with van der Waals surface area (Å²) in [6, 6.07) is 5.76. The van der Waals surface area contributed by atoms with Gasteiger partial charge in [-0.25, -0.2) is 0 Å². The summed E-state index contributed by atoms with van der Waals surface area (Å²) in [6.45, 7) is 7.12. The number of amides is 2. The van der Waals surface area contributed by atoms with Crippen LogP contribution in [0.4, 0.5) is 0 Å². The van der Waals surface area contributed by atoms with Crippen molar-refractivity contribution in [3.05, 3.63) is 29.3 Å². The molecule has 1 unspecified atom stereocenters. The van der Waals surface area contributed by atoms with Crippen molar-refractivity contribution in [3.63, 3.8) is 0 Å². The first-order chi connectivity index (χ1) is 11.9. The standard InChI is InChI=1S/C19H28N2O4/c1-4-10-25-17-7-6-16(14(2)11-17)12-20-18(23)19(24)8-5-9-21(13-19)15(3)22/h6-7,11,24H,4-5,8-10,12-13H2,1-3H3,(H,20,23). The Labute approximate surface area is 149 Å². The molecule has 0 aromatic heterocycles. The van der Waals surface area contributed by atoms with E-state index < -0.39 is 11.5 Å². The molecule has 1 heterocycles. The highest BCUT2D eigenvalue weighted by molar-refractivity contribution is 5.86. The lowest BCUT2D eigenvalue weighted by molar-refractivity contribution is -0.150. The SMILES string of the molecule is CCCOc1ccc(CNC(=O)C2(O)CCCN(C(C)=O)C2)c(C)c1. The second-order valence-electron chi connectivity index (χ2n) is 6.70. The number of hydrogen-bond donors (Lipinski definition) is 2. The van der Waals surface area contributed by atoms with Crippen molar-refractivity contribution in [2.24, 2.45) is 0 Å². The Kier molecular flexibility index (Phi) is 6.42. The Morgan fingerprint density at radius 1 is 1.40 bits per heavy atom. The van der Waals surface area contributed by atoms with Crippen LogP contribution in [0.1, 0.15) is 44.2 Å². The Morgan fingerprint density at radius 3 is 2.80 bits per heavy atom. The van der Waals surface area contributed by atoms with E-state index in [1.54, 1.807) is 0 Å². The van der Waals surface area contributed by atoms with Gasteiger partial charge < -0.3 is 20.1 Å². The van der Waals surface area contributed by atoms with E-state index in [-0.39, 0.29) is 12.5 Å². The lowest BCUT2D eigenvalue weighted by Gasteiger charge is -2.37. The number of likely N-dealkylation sites (tertiary alicyclic amines) is 1. The van der Waals surface area contributed by atoms with Gasteiger partial charge in [0.15, 0.2) is 5.60 Å². The number of β-amino-alcohol motifs (C(OH)–C–C–N with tert-alkyl or cyclic N) is 1. The van der Waals surface area contributed by atoms with Gasteiger partial charge in [-0.05, 0) is 49.4 Å². The number of aryl methyl sites for hydroxylation is 1. The van der Waals surface area contributed by atoms with Gasteiger partial charge in [-0.15, -0.1) is 0 Å². The summed E-state index contributed by atoms with van der Waals surface area (Å²) in [6.07, 6.45) is 1.93. The number of aliphatic hydroxyl groups is 1. The molecule has 1 saturated heterocycles. The van der Waals surface area contributed by atoms with Gasteiger partial charge in [0.05, 0.1) is 13.2 Å². The van der Waals surface area contributed by atoms with E-state index in [1.807, 2.05) is 25.1 Å². The summed E-state index contributed by atoms with van der Waals surface area (Å²) in [5.41, 5.74) is 0.483. The number of carbonyl (C=O) groups excluding carboxylic acids is 2. The summed E-state index contributed by atoms with van der Waals surface area (Å²) < 4.78 is 5.60. The number of piperidine rings is 1. The molecule has 2 amide bonds. The van der Waals surface area contributed by atoms with Crippen LogP contribution >= 0.6 is 0 Å². The zero-order valence-electron chi connectivity index (χ0n) is 15.3. The minimum absolute atomic E-state index is 0.0525. The molecule has 0 bridgehead atoms. The molecule has 1 aromatic carbocycles. The fourth-order valence-corrected chi connectivity index (χ4v) is 3.01. The average molecular weight is 348 g/mol. The summed E-state index contributed by atoms with van der Waals surface area (Å²) in [7, 11) is 0. The maximum atomic E-state index is 12.5. The van der Waals surface area contributed by atoms with Crippen LogP contribution in [-0.2, 0) is 16.1 Å². The first-order valence-corrected chi connectivity index (χ1v) is 8.84. The maximum absolute atomic E-state index is 12.5. The smallest absolute Gasteiger partial charge is 0.254 e.